The lowest BCUT2D eigenvalue weighted by atomic mass is 9.42. The van der Waals surface area contributed by atoms with Gasteiger partial charge in [0.2, 0.25) is 0 Å². The molecule has 7 aromatic rings. The topological polar surface area (TPSA) is 6.48 Å². The predicted octanol–water partition coefficient (Wildman–Crippen LogP) is 13.6. The maximum atomic E-state index is 3.01. The molecule has 0 radical (unpaired) electrons. The molecule has 4 aliphatic rings. The third-order valence-corrected chi connectivity index (χ3v) is 16.0. The first-order valence-electron chi connectivity index (χ1n) is 21.3. The van der Waals surface area contributed by atoms with Crippen LogP contribution >= 0.6 is 11.3 Å². The van der Waals surface area contributed by atoms with Crippen LogP contribution in [-0.2, 0) is 16.2 Å². The molecule has 0 N–H and O–H groups in total. The molecule has 6 aromatic carbocycles. The standard InChI is InChI=1S/C53H53BN2S/c1-32-27-39-40-30-35(51(5,6)7)31-41-48(40)56(53(9)26-16-15-25-52(41,53)8)54-46(39)44(28-32)55(43-24-22-37-36-19-13-14-20-45(36)57-49(37)47(43)54)42-23-21-34(50(2,3)4)29-38(42)33-17-11-10-12-18-33/h10-14,17-24,27-31H,15-16,25-26H2,1-9H3. The highest BCUT2D eigenvalue weighted by atomic mass is 32.1. The zero-order chi connectivity index (χ0) is 39.4. The molecule has 1 fully saturated rings. The Kier molecular flexibility index (Phi) is 7.24. The van der Waals surface area contributed by atoms with Crippen molar-refractivity contribution in [1.29, 1.82) is 0 Å². The van der Waals surface area contributed by atoms with E-state index in [-0.39, 0.29) is 28.6 Å². The fraction of sp³-hybridized carbons (Fsp3) is 0.321. The highest BCUT2D eigenvalue weighted by Crippen LogP contribution is 2.64. The van der Waals surface area contributed by atoms with Crippen molar-refractivity contribution in [2.75, 3.05) is 9.71 Å². The van der Waals surface area contributed by atoms with Crippen LogP contribution in [0.2, 0.25) is 0 Å². The van der Waals surface area contributed by atoms with Gasteiger partial charge in [0.15, 0.2) is 0 Å². The number of hydrogen-bond acceptors (Lipinski definition) is 3. The summed E-state index contributed by atoms with van der Waals surface area (Å²) in [5.41, 5.74) is 19.4. The fourth-order valence-corrected chi connectivity index (χ4v) is 12.8. The number of nitrogens with zero attached hydrogens (tertiary/aromatic N) is 2. The first-order chi connectivity index (χ1) is 27.2. The Bertz CT molecular complexity index is 2840. The largest absolute Gasteiger partial charge is 0.400 e. The maximum absolute atomic E-state index is 3.01. The van der Waals surface area contributed by atoms with Gasteiger partial charge in [0, 0.05) is 59.3 Å². The van der Waals surface area contributed by atoms with Gasteiger partial charge in [-0.25, -0.2) is 0 Å². The van der Waals surface area contributed by atoms with Gasteiger partial charge in [-0.3, -0.25) is 0 Å². The molecule has 0 bridgehead atoms. The third kappa shape index (κ3) is 4.71. The van der Waals surface area contributed by atoms with Crippen LogP contribution in [0.4, 0.5) is 22.7 Å². The van der Waals surface area contributed by atoms with Gasteiger partial charge >= 0.3 is 6.85 Å². The highest BCUT2D eigenvalue weighted by Gasteiger charge is 2.63. The van der Waals surface area contributed by atoms with Crippen molar-refractivity contribution in [3.63, 3.8) is 0 Å². The minimum absolute atomic E-state index is 0.0166. The Morgan fingerprint density at radius 1 is 0.614 bits per heavy atom. The summed E-state index contributed by atoms with van der Waals surface area (Å²) in [5, 5.41) is 2.74. The van der Waals surface area contributed by atoms with Crippen LogP contribution in [0, 0.1) is 6.92 Å². The van der Waals surface area contributed by atoms with E-state index in [1.165, 1.54) is 118 Å². The summed E-state index contributed by atoms with van der Waals surface area (Å²) in [7, 11) is 0. The van der Waals surface area contributed by atoms with E-state index < -0.39 is 0 Å². The van der Waals surface area contributed by atoms with Crippen molar-refractivity contribution in [2.45, 2.75) is 110 Å². The van der Waals surface area contributed by atoms with E-state index in [0.717, 1.165) is 0 Å². The number of hydrogen-bond donors (Lipinski definition) is 0. The molecule has 1 aliphatic carbocycles. The van der Waals surface area contributed by atoms with E-state index in [9.17, 15) is 0 Å². The zero-order valence-corrected chi connectivity index (χ0v) is 35.9. The molecule has 0 amide bonds. The molecule has 3 aliphatic heterocycles. The zero-order valence-electron chi connectivity index (χ0n) is 35.1. The van der Waals surface area contributed by atoms with E-state index in [0.29, 0.717) is 0 Å². The summed E-state index contributed by atoms with van der Waals surface area (Å²) >= 11 is 2.00. The number of fused-ring (bicyclic) bond motifs is 11. The lowest BCUT2D eigenvalue weighted by Gasteiger charge is -2.55. The lowest BCUT2D eigenvalue weighted by molar-refractivity contribution is 0.199. The fourth-order valence-electron chi connectivity index (χ4n) is 11.5. The second-order valence-electron chi connectivity index (χ2n) is 20.2. The van der Waals surface area contributed by atoms with Crippen LogP contribution in [0.15, 0.2) is 109 Å². The van der Waals surface area contributed by atoms with Crippen molar-refractivity contribution in [1.82, 2.24) is 0 Å². The summed E-state index contributed by atoms with van der Waals surface area (Å²) in [6, 6.07) is 42.7. The molecule has 4 heteroatoms. The lowest BCUT2D eigenvalue weighted by Crippen LogP contribution is -2.70. The minimum Gasteiger partial charge on any atom is -0.400 e. The van der Waals surface area contributed by atoms with Crippen LogP contribution in [-0.4, -0.2) is 12.4 Å². The molecule has 11 rings (SSSR count). The van der Waals surface area contributed by atoms with Crippen LogP contribution < -0.4 is 20.6 Å². The van der Waals surface area contributed by atoms with Crippen LogP contribution in [0.25, 0.3) is 42.4 Å². The highest BCUT2D eigenvalue weighted by molar-refractivity contribution is 7.27. The molecule has 57 heavy (non-hydrogen) atoms. The van der Waals surface area contributed by atoms with E-state index in [2.05, 4.69) is 181 Å². The van der Waals surface area contributed by atoms with Gasteiger partial charge in [0.05, 0.1) is 5.69 Å². The third-order valence-electron chi connectivity index (χ3n) is 14.8. The molecular formula is C53H53BN2S. The number of anilines is 4. The number of benzene rings is 6. The van der Waals surface area contributed by atoms with Crippen molar-refractivity contribution in [3.05, 3.63) is 131 Å². The smallest absolute Gasteiger partial charge is 0.330 e. The van der Waals surface area contributed by atoms with Crippen molar-refractivity contribution < 1.29 is 0 Å². The summed E-state index contributed by atoms with van der Waals surface area (Å²) in [6.07, 6.45) is 4.98. The molecule has 2 unspecified atom stereocenters. The van der Waals surface area contributed by atoms with Crippen molar-refractivity contribution in [2.24, 2.45) is 0 Å². The van der Waals surface area contributed by atoms with Gasteiger partial charge in [-0.1, -0.05) is 134 Å². The second-order valence-corrected chi connectivity index (χ2v) is 21.2. The van der Waals surface area contributed by atoms with Crippen molar-refractivity contribution >= 4 is 72.0 Å². The molecule has 0 spiro atoms. The summed E-state index contributed by atoms with van der Waals surface area (Å²) in [5.74, 6) is 0. The number of aryl methyl sites for hydroxylation is 1. The average molecular weight is 761 g/mol. The van der Waals surface area contributed by atoms with Gasteiger partial charge in [-0.2, -0.15) is 0 Å². The first-order valence-corrected chi connectivity index (χ1v) is 22.1. The van der Waals surface area contributed by atoms with E-state index in [1.54, 1.807) is 5.56 Å². The molecule has 1 aromatic heterocycles. The minimum atomic E-state index is -0.0365. The normalized spacial score (nSPS) is 20.8. The first kappa shape index (κ1) is 35.4. The quantitative estimate of drug-likeness (QED) is 0.162. The molecule has 2 atom stereocenters. The van der Waals surface area contributed by atoms with Gasteiger partial charge in [0.25, 0.3) is 0 Å². The maximum Gasteiger partial charge on any atom is 0.330 e. The summed E-state index contributed by atoms with van der Waals surface area (Å²) in [4.78, 5) is 5.68. The second kappa shape index (κ2) is 11.7. The Labute approximate surface area is 343 Å². The summed E-state index contributed by atoms with van der Waals surface area (Å²) < 4.78 is 2.79. The Morgan fingerprint density at radius 2 is 1.32 bits per heavy atom. The molecule has 0 saturated heterocycles. The monoisotopic (exact) mass is 760 g/mol. The Hall–Kier alpha value is -4.80. The van der Waals surface area contributed by atoms with Gasteiger partial charge in [-0.15, -0.1) is 11.3 Å². The number of rotatable bonds is 2. The van der Waals surface area contributed by atoms with Gasteiger partial charge in [0.1, 0.15) is 0 Å². The predicted molar refractivity (Wildman–Crippen MR) is 249 cm³/mol. The van der Waals surface area contributed by atoms with Crippen LogP contribution in [0.3, 0.4) is 0 Å². The van der Waals surface area contributed by atoms with E-state index >= 15 is 0 Å². The van der Waals surface area contributed by atoms with Crippen molar-refractivity contribution in [3.8, 4) is 22.3 Å². The van der Waals surface area contributed by atoms with E-state index in [4.69, 9.17) is 0 Å². The molecule has 284 valence electrons. The van der Waals surface area contributed by atoms with Gasteiger partial charge < -0.3 is 9.71 Å². The van der Waals surface area contributed by atoms with Crippen LogP contribution in [0.5, 0.6) is 0 Å². The molecular weight excluding hydrogens is 707 g/mol. The van der Waals surface area contributed by atoms with Gasteiger partial charge in [-0.05, 0) is 118 Å². The molecule has 4 heterocycles. The Balaban J connectivity index is 1.31. The SMILES string of the molecule is Cc1cc2c3c(c1)N(c1ccc(C(C)(C)C)cc1-c1ccccc1)c1ccc4c(sc5ccccc54)c1B3N1c3c-2cc(C(C)(C)C)cc3C2(C)CCCCC12C. The molecule has 1 saturated carbocycles. The van der Waals surface area contributed by atoms with Crippen LogP contribution in [0.1, 0.15) is 103 Å². The Morgan fingerprint density at radius 3 is 2.09 bits per heavy atom. The summed E-state index contributed by atoms with van der Waals surface area (Å²) in [6.45, 7) is 21.9. The van der Waals surface area contributed by atoms with E-state index in [1.807, 2.05) is 11.3 Å². The molecule has 2 nitrogen and oxygen atoms in total. The average Bonchev–Trinajstić information content (AvgIpc) is 3.66. The number of thiophene rings is 1.